The number of hydrogen-bond donors (Lipinski definition) is 0. The molecule has 0 spiro atoms. The molecule has 0 radical (unpaired) electrons. The van der Waals surface area contributed by atoms with Crippen molar-refractivity contribution in [3.8, 4) is 11.3 Å². The van der Waals surface area contributed by atoms with Crippen LogP contribution in [0.25, 0.3) is 11.3 Å². The second kappa shape index (κ2) is 16.5. The van der Waals surface area contributed by atoms with Gasteiger partial charge in [0.25, 0.3) is 0 Å². The maximum atomic E-state index is 6.81. The van der Waals surface area contributed by atoms with Crippen LogP contribution in [0.2, 0.25) is 35.2 Å². The fourth-order valence-corrected chi connectivity index (χ4v) is 7.12. The van der Waals surface area contributed by atoms with Gasteiger partial charge in [-0.15, -0.1) is 0 Å². The van der Waals surface area contributed by atoms with Gasteiger partial charge in [0.2, 0.25) is 0 Å². The van der Waals surface area contributed by atoms with Gasteiger partial charge >= 0.3 is 0 Å². The van der Waals surface area contributed by atoms with Crippen molar-refractivity contribution in [1.82, 2.24) is 19.1 Å². The molecule has 0 saturated heterocycles. The highest BCUT2D eigenvalue weighted by molar-refractivity contribution is 6.37. The van der Waals surface area contributed by atoms with E-state index < -0.39 is 12.2 Å². The average Bonchev–Trinajstić information content (AvgIpc) is 3.76. The first-order valence-electron chi connectivity index (χ1n) is 15.0. The number of ether oxygens (including phenoxy) is 2. The molecule has 2 heterocycles. The lowest BCUT2D eigenvalue weighted by Gasteiger charge is -2.21. The highest BCUT2D eigenvalue weighted by Gasteiger charge is 2.21. The van der Waals surface area contributed by atoms with E-state index in [1.54, 1.807) is 43.1 Å². The quantitative estimate of drug-likeness (QED) is 0.117. The highest BCUT2D eigenvalue weighted by Crippen LogP contribution is 2.36. The van der Waals surface area contributed by atoms with Crippen LogP contribution in [0.3, 0.4) is 0 Å². The smallest absolute Gasteiger partial charge is 0.102 e. The molecule has 0 fully saturated rings. The van der Waals surface area contributed by atoms with Gasteiger partial charge in [-0.25, -0.2) is 9.97 Å². The Morgan fingerprint density at radius 1 is 0.612 bits per heavy atom. The van der Waals surface area contributed by atoms with Gasteiger partial charge in [0.15, 0.2) is 0 Å². The third-order valence-corrected chi connectivity index (χ3v) is 10.00. The molecule has 2 aromatic heterocycles. The topological polar surface area (TPSA) is 54.1 Å². The fourth-order valence-electron chi connectivity index (χ4n) is 5.27. The Labute approximate surface area is 319 Å². The average molecular weight is 796 g/mol. The van der Waals surface area contributed by atoms with E-state index in [1.165, 1.54) is 0 Å². The first-order valence-corrected chi connectivity index (χ1v) is 17.6. The van der Waals surface area contributed by atoms with Crippen LogP contribution in [0.4, 0.5) is 0 Å². The Balaban J connectivity index is 1.20. The molecule has 6 nitrogen and oxygen atoms in total. The fraction of sp³-hybridized carbons (Fsp3) is 0.167. The van der Waals surface area contributed by atoms with Crippen molar-refractivity contribution in [3.05, 3.63) is 161 Å². The lowest BCUT2D eigenvalue weighted by atomic mass is 10.1. The zero-order valence-electron chi connectivity index (χ0n) is 25.5. The number of aromatic nitrogens is 4. The Morgan fingerprint density at radius 3 is 1.82 bits per heavy atom. The van der Waals surface area contributed by atoms with E-state index in [0.717, 1.165) is 22.3 Å². The first kappa shape index (κ1) is 36.1. The zero-order valence-corrected chi connectivity index (χ0v) is 30.8. The zero-order chi connectivity index (χ0) is 34.5. The van der Waals surface area contributed by atoms with Gasteiger partial charge in [-0.05, 0) is 48.0 Å². The summed E-state index contributed by atoms with van der Waals surface area (Å²) in [6, 6.07) is 21.8. The van der Waals surface area contributed by atoms with E-state index in [-0.39, 0.29) is 13.2 Å². The maximum Gasteiger partial charge on any atom is 0.102 e. The predicted molar refractivity (Wildman–Crippen MR) is 199 cm³/mol. The van der Waals surface area contributed by atoms with Gasteiger partial charge in [0.1, 0.15) is 12.2 Å². The summed E-state index contributed by atoms with van der Waals surface area (Å²) >= 11 is 45.5. The molecule has 6 aromatic rings. The molecule has 4 aromatic carbocycles. The number of rotatable bonds is 13. The van der Waals surface area contributed by atoms with Gasteiger partial charge in [-0.1, -0.05) is 112 Å². The van der Waals surface area contributed by atoms with Gasteiger partial charge in [-0.2, -0.15) is 0 Å². The number of benzene rings is 4. The molecule has 0 aliphatic carbocycles. The van der Waals surface area contributed by atoms with E-state index in [4.69, 9.17) is 90.7 Å². The third kappa shape index (κ3) is 9.14. The molecule has 0 saturated carbocycles. The van der Waals surface area contributed by atoms with Gasteiger partial charge < -0.3 is 18.6 Å². The number of hydrogen-bond acceptors (Lipinski definition) is 4. The molecule has 0 amide bonds. The summed E-state index contributed by atoms with van der Waals surface area (Å²) in [5.74, 6) is 0. The minimum Gasteiger partial charge on any atom is -0.367 e. The molecule has 2 unspecified atom stereocenters. The van der Waals surface area contributed by atoms with E-state index in [0.29, 0.717) is 59.5 Å². The Bertz CT molecular complexity index is 2030. The number of imidazole rings is 2. The molecule has 0 aliphatic rings. The Kier molecular flexibility index (Phi) is 12.2. The first-order chi connectivity index (χ1) is 23.6. The molecule has 0 bridgehead atoms. The molecule has 2 atom stereocenters. The van der Waals surface area contributed by atoms with Crippen LogP contribution in [0.5, 0.6) is 0 Å². The van der Waals surface area contributed by atoms with E-state index in [2.05, 4.69) is 9.97 Å². The van der Waals surface area contributed by atoms with Crippen LogP contribution >= 0.6 is 81.2 Å². The number of halogens is 7. The van der Waals surface area contributed by atoms with Crippen molar-refractivity contribution in [2.45, 2.75) is 38.5 Å². The lowest BCUT2D eigenvalue weighted by molar-refractivity contribution is 0.0280. The van der Waals surface area contributed by atoms with Crippen molar-refractivity contribution in [2.24, 2.45) is 0 Å². The lowest BCUT2D eigenvalue weighted by Crippen LogP contribution is -2.13. The summed E-state index contributed by atoms with van der Waals surface area (Å²) in [5, 5.41) is 3.57. The van der Waals surface area contributed by atoms with E-state index in [9.17, 15) is 0 Å². The summed E-state index contributed by atoms with van der Waals surface area (Å²) in [6.45, 7) is 1.30. The van der Waals surface area contributed by atoms with Gasteiger partial charge in [0, 0.05) is 76.0 Å². The van der Waals surface area contributed by atoms with Gasteiger partial charge in [-0.3, -0.25) is 0 Å². The van der Waals surface area contributed by atoms with Crippen molar-refractivity contribution >= 4 is 81.2 Å². The van der Waals surface area contributed by atoms with Crippen molar-refractivity contribution in [1.29, 1.82) is 0 Å². The van der Waals surface area contributed by atoms with Crippen molar-refractivity contribution < 1.29 is 9.47 Å². The Morgan fingerprint density at radius 2 is 1.22 bits per heavy atom. The SMILES string of the molecule is Clc1ccc(C(Cn2cnc(-c3cc(Cl)c(COC(Cn4ccnc4)c4ccc(Cl)cc4Cl)c(Cl)c3)c2)OCc2ccccc2Cl)c(Cl)c1. The normalized spacial score (nSPS) is 12.7. The molecule has 6 rings (SSSR count). The summed E-state index contributed by atoms with van der Waals surface area (Å²) in [4.78, 5) is 8.77. The third-order valence-electron chi connectivity index (χ3n) is 7.83. The number of nitrogens with zero attached hydrogens (tertiary/aromatic N) is 4. The monoisotopic (exact) mass is 792 g/mol. The second-order valence-electron chi connectivity index (χ2n) is 11.2. The summed E-state index contributed by atoms with van der Waals surface area (Å²) in [7, 11) is 0. The Hall–Kier alpha value is -2.75. The van der Waals surface area contributed by atoms with Crippen molar-refractivity contribution in [2.75, 3.05) is 0 Å². The van der Waals surface area contributed by atoms with Crippen LogP contribution in [-0.2, 0) is 35.8 Å². The highest BCUT2D eigenvalue weighted by atomic mass is 35.5. The minimum absolute atomic E-state index is 0.136. The minimum atomic E-state index is -0.431. The van der Waals surface area contributed by atoms with Crippen LogP contribution in [0.15, 0.2) is 104 Å². The summed E-state index contributed by atoms with van der Waals surface area (Å²) < 4.78 is 16.6. The molecular formula is C36H27Cl7N4O2. The van der Waals surface area contributed by atoms with E-state index in [1.807, 2.05) is 70.1 Å². The maximum absolute atomic E-state index is 6.81. The van der Waals surface area contributed by atoms with Crippen LogP contribution in [0.1, 0.15) is 34.5 Å². The van der Waals surface area contributed by atoms with Crippen LogP contribution in [0, 0.1) is 0 Å². The molecule has 49 heavy (non-hydrogen) atoms. The standard InChI is InChI=1S/C36H27Cl7N4O2/c37-24-5-7-26(32(42)13-24)35(16-46-10-9-44-20-46)49-19-28-30(40)11-23(12-31(28)41)34-15-47(21-45-34)17-36(27-8-6-25(38)14-33(27)43)48-18-22-3-1-2-4-29(22)39/h1-15,20-21,35-36H,16-19H2. The summed E-state index contributed by atoms with van der Waals surface area (Å²) in [5.41, 5.74) is 4.49. The molecule has 252 valence electrons. The van der Waals surface area contributed by atoms with Crippen LogP contribution < -0.4 is 0 Å². The largest absolute Gasteiger partial charge is 0.367 e. The summed E-state index contributed by atoms with van der Waals surface area (Å²) in [6.07, 6.45) is 8.03. The molecule has 0 N–H and O–H groups in total. The second-order valence-corrected chi connectivity index (χ2v) is 14.1. The molecular weight excluding hydrogens is 769 g/mol. The predicted octanol–water partition coefficient (Wildman–Crippen LogP) is 12.2. The van der Waals surface area contributed by atoms with E-state index >= 15 is 0 Å². The molecule has 0 aliphatic heterocycles. The van der Waals surface area contributed by atoms with Gasteiger partial charge in [0.05, 0.1) is 44.7 Å². The molecule has 13 heteroatoms. The van der Waals surface area contributed by atoms with Crippen LogP contribution in [-0.4, -0.2) is 19.1 Å². The van der Waals surface area contributed by atoms with Crippen molar-refractivity contribution in [3.63, 3.8) is 0 Å².